The van der Waals surface area contributed by atoms with E-state index in [2.05, 4.69) is 15.3 Å². The quantitative estimate of drug-likeness (QED) is 0.752. The number of anilines is 2. The minimum atomic E-state index is 0.968. The molecule has 2 heterocycles. The average molecular weight is 171 g/mol. The number of nitrogens with zero attached hydrogens (tertiary/aromatic N) is 2. The lowest BCUT2D eigenvalue weighted by Gasteiger charge is -2.03. The van der Waals surface area contributed by atoms with Crippen LogP contribution >= 0.6 is 0 Å². The van der Waals surface area contributed by atoms with Crippen LogP contribution in [0.3, 0.4) is 0 Å². The topological polar surface area (TPSA) is 37.8 Å². The molecule has 3 nitrogen and oxygen atoms in total. The molecule has 0 fully saturated rings. The van der Waals surface area contributed by atoms with E-state index in [0.717, 1.165) is 11.4 Å². The molecule has 0 spiro atoms. The monoisotopic (exact) mass is 171 g/mol. The first-order valence-electron chi connectivity index (χ1n) is 4.02. The predicted molar refractivity (Wildman–Crippen MR) is 51.8 cm³/mol. The summed E-state index contributed by atoms with van der Waals surface area (Å²) < 4.78 is 0. The van der Waals surface area contributed by atoms with E-state index >= 15 is 0 Å². The Balaban J connectivity index is 2.16. The predicted octanol–water partition coefficient (Wildman–Crippen LogP) is 2.22. The number of nitrogens with one attached hydrogen (secondary N) is 1. The molecule has 0 radical (unpaired) electrons. The Labute approximate surface area is 76.5 Å². The van der Waals surface area contributed by atoms with Gasteiger partial charge in [-0.3, -0.25) is 9.97 Å². The van der Waals surface area contributed by atoms with Crippen molar-refractivity contribution < 1.29 is 0 Å². The van der Waals surface area contributed by atoms with Gasteiger partial charge < -0.3 is 5.32 Å². The van der Waals surface area contributed by atoms with E-state index in [-0.39, 0.29) is 0 Å². The Morgan fingerprint density at radius 3 is 1.77 bits per heavy atom. The summed E-state index contributed by atoms with van der Waals surface area (Å²) in [6, 6.07) is 7.69. The second kappa shape index (κ2) is 3.67. The van der Waals surface area contributed by atoms with Gasteiger partial charge in [0, 0.05) is 12.4 Å². The zero-order valence-electron chi connectivity index (χ0n) is 7.01. The summed E-state index contributed by atoms with van der Waals surface area (Å²) in [6.45, 7) is 0. The zero-order chi connectivity index (χ0) is 8.93. The summed E-state index contributed by atoms with van der Waals surface area (Å²) in [5.41, 5.74) is 1.94. The minimum absolute atomic E-state index is 0.968. The lowest BCUT2D eigenvalue weighted by molar-refractivity contribution is 1.30. The molecule has 2 rings (SSSR count). The molecule has 0 aromatic carbocycles. The summed E-state index contributed by atoms with van der Waals surface area (Å²) in [4.78, 5) is 8.00. The second-order valence-electron chi connectivity index (χ2n) is 2.61. The van der Waals surface area contributed by atoms with Gasteiger partial charge in [-0.2, -0.15) is 0 Å². The van der Waals surface area contributed by atoms with Crippen LogP contribution in [0.25, 0.3) is 0 Å². The highest BCUT2D eigenvalue weighted by Crippen LogP contribution is 2.12. The van der Waals surface area contributed by atoms with Crippen molar-refractivity contribution in [2.24, 2.45) is 0 Å². The number of pyridine rings is 2. The van der Waals surface area contributed by atoms with Gasteiger partial charge in [-0.05, 0) is 24.3 Å². The Hall–Kier alpha value is -1.90. The molecule has 64 valence electrons. The first kappa shape index (κ1) is 7.73. The standard InChI is InChI=1S/C10H9N3/c1-3-9(7-11-5-1)13-10-4-2-6-12-8-10/h1-8,13H. The fourth-order valence-corrected chi connectivity index (χ4v) is 1.04. The Bertz CT molecular complexity index is 321. The molecule has 0 amide bonds. The van der Waals surface area contributed by atoms with Crippen molar-refractivity contribution in [1.29, 1.82) is 0 Å². The summed E-state index contributed by atoms with van der Waals surface area (Å²) >= 11 is 0. The van der Waals surface area contributed by atoms with E-state index in [1.54, 1.807) is 24.8 Å². The molecule has 0 saturated heterocycles. The van der Waals surface area contributed by atoms with Crippen molar-refractivity contribution >= 4 is 11.4 Å². The molecular formula is C10H9N3. The van der Waals surface area contributed by atoms with Crippen LogP contribution in [-0.4, -0.2) is 9.97 Å². The maximum Gasteiger partial charge on any atom is 0.0571 e. The van der Waals surface area contributed by atoms with Crippen molar-refractivity contribution in [2.45, 2.75) is 0 Å². The number of hydrogen-bond acceptors (Lipinski definition) is 3. The van der Waals surface area contributed by atoms with Gasteiger partial charge in [-0.15, -0.1) is 0 Å². The van der Waals surface area contributed by atoms with Crippen LogP contribution in [0.15, 0.2) is 49.1 Å². The highest BCUT2D eigenvalue weighted by Gasteiger charge is 1.91. The van der Waals surface area contributed by atoms with E-state index in [9.17, 15) is 0 Å². The van der Waals surface area contributed by atoms with Gasteiger partial charge in [0.1, 0.15) is 0 Å². The first-order chi connectivity index (χ1) is 6.45. The van der Waals surface area contributed by atoms with Crippen LogP contribution < -0.4 is 5.32 Å². The number of hydrogen-bond donors (Lipinski definition) is 1. The lowest BCUT2D eigenvalue weighted by atomic mass is 10.3. The molecule has 0 unspecified atom stereocenters. The highest BCUT2D eigenvalue weighted by atomic mass is 14.9. The number of aromatic nitrogens is 2. The first-order valence-corrected chi connectivity index (χ1v) is 4.02. The highest BCUT2D eigenvalue weighted by molar-refractivity contribution is 5.56. The van der Waals surface area contributed by atoms with Crippen LogP contribution in [0, 0.1) is 0 Å². The molecule has 13 heavy (non-hydrogen) atoms. The molecule has 2 aromatic heterocycles. The molecule has 0 aliphatic heterocycles. The third-order valence-electron chi connectivity index (χ3n) is 1.61. The van der Waals surface area contributed by atoms with E-state index in [1.165, 1.54) is 0 Å². The van der Waals surface area contributed by atoms with Crippen molar-refractivity contribution in [1.82, 2.24) is 9.97 Å². The minimum Gasteiger partial charge on any atom is -0.353 e. The van der Waals surface area contributed by atoms with Gasteiger partial charge in [0.05, 0.1) is 23.8 Å². The molecule has 0 saturated carbocycles. The summed E-state index contributed by atoms with van der Waals surface area (Å²) in [6.07, 6.45) is 7.03. The molecule has 0 aliphatic carbocycles. The molecule has 3 heteroatoms. The van der Waals surface area contributed by atoms with Gasteiger partial charge in [-0.25, -0.2) is 0 Å². The zero-order valence-corrected chi connectivity index (χ0v) is 7.01. The van der Waals surface area contributed by atoms with Crippen molar-refractivity contribution in [3.63, 3.8) is 0 Å². The van der Waals surface area contributed by atoms with Crippen LogP contribution in [0.5, 0.6) is 0 Å². The van der Waals surface area contributed by atoms with Crippen LogP contribution in [0.2, 0.25) is 0 Å². The molecule has 0 bridgehead atoms. The van der Waals surface area contributed by atoms with Gasteiger partial charge >= 0.3 is 0 Å². The Morgan fingerprint density at radius 2 is 1.38 bits per heavy atom. The second-order valence-corrected chi connectivity index (χ2v) is 2.61. The maximum atomic E-state index is 4.00. The van der Waals surface area contributed by atoms with E-state index < -0.39 is 0 Å². The van der Waals surface area contributed by atoms with E-state index in [0.29, 0.717) is 0 Å². The van der Waals surface area contributed by atoms with Gasteiger partial charge in [-0.1, -0.05) is 0 Å². The molecule has 1 N–H and O–H groups in total. The third-order valence-corrected chi connectivity index (χ3v) is 1.61. The van der Waals surface area contributed by atoms with Crippen molar-refractivity contribution in [3.05, 3.63) is 49.1 Å². The van der Waals surface area contributed by atoms with Gasteiger partial charge in [0.15, 0.2) is 0 Å². The van der Waals surface area contributed by atoms with Crippen LogP contribution in [0.4, 0.5) is 11.4 Å². The van der Waals surface area contributed by atoms with E-state index in [4.69, 9.17) is 0 Å². The summed E-state index contributed by atoms with van der Waals surface area (Å²) in [7, 11) is 0. The number of rotatable bonds is 2. The SMILES string of the molecule is c1cncc(Nc2cccnc2)c1. The van der Waals surface area contributed by atoms with Crippen LogP contribution in [-0.2, 0) is 0 Å². The average Bonchev–Trinajstić information content (AvgIpc) is 2.21. The lowest BCUT2D eigenvalue weighted by Crippen LogP contribution is -1.90. The summed E-state index contributed by atoms with van der Waals surface area (Å²) in [5.74, 6) is 0. The van der Waals surface area contributed by atoms with Crippen LogP contribution in [0.1, 0.15) is 0 Å². The molecule has 0 aliphatic rings. The Kier molecular flexibility index (Phi) is 2.18. The van der Waals surface area contributed by atoms with Crippen molar-refractivity contribution in [3.8, 4) is 0 Å². The largest absolute Gasteiger partial charge is 0.353 e. The van der Waals surface area contributed by atoms with Gasteiger partial charge in [0.25, 0.3) is 0 Å². The fourth-order valence-electron chi connectivity index (χ4n) is 1.04. The summed E-state index contributed by atoms with van der Waals surface area (Å²) in [5, 5.41) is 3.18. The maximum absolute atomic E-state index is 4.00. The smallest absolute Gasteiger partial charge is 0.0571 e. The molecular weight excluding hydrogens is 162 g/mol. The van der Waals surface area contributed by atoms with E-state index in [1.807, 2.05) is 24.3 Å². The Morgan fingerprint density at radius 1 is 0.846 bits per heavy atom. The third kappa shape index (κ3) is 2.02. The fraction of sp³-hybridized carbons (Fsp3) is 0. The molecule has 0 atom stereocenters. The molecule has 2 aromatic rings. The van der Waals surface area contributed by atoms with Gasteiger partial charge in [0.2, 0.25) is 0 Å². The normalized spacial score (nSPS) is 9.54. The van der Waals surface area contributed by atoms with Crippen molar-refractivity contribution in [2.75, 3.05) is 5.32 Å².